The number of hydrogen-bond donors (Lipinski definition) is 0. The summed E-state index contributed by atoms with van der Waals surface area (Å²) < 4.78 is 10.9. The molecule has 0 spiro atoms. The molecule has 20 heavy (non-hydrogen) atoms. The molecule has 1 aromatic carbocycles. The minimum Gasteiger partial charge on any atom is -0.496 e. The fourth-order valence-corrected chi connectivity index (χ4v) is 2.29. The third-order valence-electron chi connectivity index (χ3n) is 3.12. The fraction of sp³-hybridized carbons (Fsp3) is 0.235. The van der Waals surface area contributed by atoms with Crippen molar-refractivity contribution in [3.8, 4) is 22.8 Å². The van der Waals surface area contributed by atoms with E-state index in [1.807, 2.05) is 38.1 Å². The molecule has 3 nitrogen and oxygen atoms in total. The van der Waals surface area contributed by atoms with E-state index >= 15 is 0 Å². The molecule has 0 saturated heterocycles. The summed E-state index contributed by atoms with van der Waals surface area (Å²) in [6, 6.07) is 7.91. The summed E-state index contributed by atoms with van der Waals surface area (Å²) in [6.07, 6.45) is 5.80. The molecule has 0 atom stereocenters. The molecule has 0 amide bonds. The van der Waals surface area contributed by atoms with Crippen molar-refractivity contribution in [2.45, 2.75) is 13.8 Å². The molecule has 0 aliphatic rings. The van der Waals surface area contributed by atoms with E-state index in [2.05, 4.69) is 17.1 Å². The molecule has 1 aromatic heterocycles. The third-order valence-corrected chi connectivity index (χ3v) is 3.12. The van der Waals surface area contributed by atoms with Crippen LogP contribution in [0.3, 0.4) is 0 Å². The van der Waals surface area contributed by atoms with Gasteiger partial charge in [-0.05, 0) is 43.7 Å². The first-order chi connectivity index (χ1) is 9.71. The maximum absolute atomic E-state index is 5.47. The van der Waals surface area contributed by atoms with Crippen LogP contribution in [0.15, 0.2) is 36.5 Å². The van der Waals surface area contributed by atoms with E-state index < -0.39 is 0 Å². The molecule has 0 unspecified atom stereocenters. The van der Waals surface area contributed by atoms with E-state index in [1.165, 1.54) is 0 Å². The number of rotatable bonds is 4. The van der Waals surface area contributed by atoms with E-state index in [1.54, 1.807) is 20.4 Å². The zero-order valence-corrected chi connectivity index (χ0v) is 12.3. The standard InChI is InChI=1S/C17H19NO2/c1-5-7-13-11-14(10-12(2)17(13)20-4)16-15(19-3)8-6-9-18-16/h5-11H,1-4H3. The topological polar surface area (TPSA) is 31.4 Å². The van der Waals surface area contributed by atoms with Crippen LogP contribution in [-0.2, 0) is 0 Å². The molecule has 0 radical (unpaired) electrons. The van der Waals surface area contributed by atoms with Gasteiger partial charge >= 0.3 is 0 Å². The summed E-state index contributed by atoms with van der Waals surface area (Å²) in [5.74, 6) is 1.66. The van der Waals surface area contributed by atoms with Gasteiger partial charge < -0.3 is 9.47 Å². The fourth-order valence-electron chi connectivity index (χ4n) is 2.29. The number of hydrogen-bond acceptors (Lipinski definition) is 3. The summed E-state index contributed by atoms with van der Waals surface area (Å²) in [6.45, 7) is 4.02. The van der Waals surface area contributed by atoms with Gasteiger partial charge in [0.05, 0.1) is 14.2 Å². The van der Waals surface area contributed by atoms with Crippen molar-refractivity contribution in [1.29, 1.82) is 0 Å². The smallest absolute Gasteiger partial charge is 0.145 e. The Hall–Kier alpha value is -2.29. The largest absolute Gasteiger partial charge is 0.496 e. The Bertz CT molecular complexity index is 633. The Morgan fingerprint density at radius 2 is 1.95 bits per heavy atom. The van der Waals surface area contributed by atoms with Gasteiger partial charge in [0.25, 0.3) is 0 Å². The molecule has 0 aliphatic carbocycles. The number of methoxy groups -OCH3 is 2. The van der Waals surface area contributed by atoms with Gasteiger partial charge in [-0.25, -0.2) is 0 Å². The van der Waals surface area contributed by atoms with Gasteiger partial charge in [-0.3, -0.25) is 4.98 Å². The Kier molecular flexibility index (Phi) is 4.41. The highest BCUT2D eigenvalue weighted by Crippen LogP contribution is 2.34. The van der Waals surface area contributed by atoms with Gasteiger partial charge in [0.2, 0.25) is 0 Å². The Labute approximate surface area is 119 Å². The highest BCUT2D eigenvalue weighted by Gasteiger charge is 2.12. The van der Waals surface area contributed by atoms with Crippen molar-refractivity contribution in [2.75, 3.05) is 14.2 Å². The molecule has 0 aliphatic heterocycles. The normalized spacial score (nSPS) is 10.8. The number of allylic oxidation sites excluding steroid dienone is 1. The van der Waals surface area contributed by atoms with Gasteiger partial charge in [-0.15, -0.1) is 0 Å². The second-order valence-electron chi connectivity index (χ2n) is 4.47. The number of ether oxygens (including phenoxy) is 2. The Morgan fingerprint density at radius 1 is 1.15 bits per heavy atom. The quantitative estimate of drug-likeness (QED) is 0.837. The lowest BCUT2D eigenvalue weighted by Crippen LogP contribution is -1.95. The minimum absolute atomic E-state index is 0.767. The van der Waals surface area contributed by atoms with Crippen molar-refractivity contribution >= 4 is 6.08 Å². The molecule has 3 heteroatoms. The zero-order chi connectivity index (χ0) is 14.5. The van der Waals surface area contributed by atoms with E-state index in [4.69, 9.17) is 9.47 Å². The van der Waals surface area contributed by atoms with Gasteiger partial charge in [0, 0.05) is 17.3 Å². The SMILES string of the molecule is CC=Cc1cc(-c2ncccc2OC)cc(C)c1OC. The lowest BCUT2D eigenvalue weighted by atomic mass is 10.0. The van der Waals surface area contributed by atoms with Crippen LogP contribution in [0.25, 0.3) is 17.3 Å². The number of aryl methyl sites for hydroxylation is 1. The molecule has 0 N–H and O–H groups in total. The maximum atomic E-state index is 5.47. The summed E-state index contributed by atoms with van der Waals surface area (Å²) in [5.41, 5.74) is 3.98. The molecule has 0 saturated carbocycles. The van der Waals surface area contributed by atoms with E-state index in [0.717, 1.165) is 33.9 Å². The highest BCUT2D eigenvalue weighted by molar-refractivity contribution is 5.73. The molecular weight excluding hydrogens is 250 g/mol. The van der Waals surface area contributed by atoms with Crippen molar-refractivity contribution in [2.24, 2.45) is 0 Å². The van der Waals surface area contributed by atoms with Crippen LogP contribution in [0.4, 0.5) is 0 Å². The molecule has 0 bridgehead atoms. The van der Waals surface area contributed by atoms with Gasteiger partial charge in [0.1, 0.15) is 17.2 Å². The van der Waals surface area contributed by atoms with Crippen molar-refractivity contribution in [3.05, 3.63) is 47.7 Å². The van der Waals surface area contributed by atoms with Crippen LogP contribution in [0.1, 0.15) is 18.1 Å². The molecule has 0 fully saturated rings. The molecule has 2 aromatic rings. The number of nitrogens with zero attached hydrogens (tertiary/aromatic N) is 1. The van der Waals surface area contributed by atoms with Crippen LogP contribution < -0.4 is 9.47 Å². The van der Waals surface area contributed by atoms with Crippen LogP contribution in [0.5, 0.6) is 11.5 Å². The van der Waals surface area contributed by atoms with E-state index in [9.17, 15) is 0 Å². The first kappa shape index (κ1) is 14.1. The van der Waals surface area contributed by atoms with Crippen LogP contribution >= 0.6 is 0 Å². The van der Waals surface area contributed by atoms with Crippen LogP contribution in [-0.4, -0.2) is 19.2 Å². The van der Waals surface area contributed by atoms with Gasteiger partial charge in [-0.2, -0.15) is 0 Å². The molecule has 1 heterocycles. The van der Waals surface area contributed by atoms with Crippen LogP contribution in [0.2, 0.25) is 0 Å². The maximum Gasteiger partial charge on any atom is 0.145 e. The predicted octanol–water partition coefficient (Wildman–Crippen LogP) is 4.11. The monoisotopic (exact) mass is 269 g/mol. The number of pyridine rings is 1. The first-order valence-electron chi connectivity index (χ1n) is 6.52. The second kappa shape index (κ2) is 6.24. The van der Waals surface area contributed by atoms with E-state index in [0.29, 0.717) is 0 Å². The van der Waals surface area contributed by atoms with Crippen molar-refractivity contribution in [3.63, 3.8) is 0 Å². The molecule has 2 rings (SSSR count). The lowest BCUT2D eigenvalue weighted by Gasteiger charge is -2.13. The average Bonchev–Trinajstić information content (AvgIpc) is 2.47. The molecular formula is C17H19NO2. The number of aromatic nitrogens is 1. The first-order valence-corrected chi connectivity index (χ1v) is 6.52. The van der Waals surface area contributed by atoms with Crippen LogP contribution in [0, 0.1) is 6.92 Å². The summed E-state index contributed by atoms with van der Waals surface area (Å²) >= 11 is 0. The summed E-state index contributed by atoms with van der Waals surface area (Å²) in [7, 11) is 3.35. The Morgan fingerprint density at radius 3 is 2.60 bits per heavy atom. The summed E-state index contributed by atoms with van der Waals surface area (Å²) in [4.78, 5) is 4.43. The second-order valence-corrected chi connectivity index (χ2v) is 4.47. The highest BCUT2D eigenvalue weighted by atomic mass is 16.5. The van der Waals surface area contributed by atoms with Gasteiger partial charge in [-0.1, -0.05) is 12.2 Å². The summed E-state index contributed by atoms with van der Waals surface area (Å²) in [5, 5.41) is 0. The Balaban J connectivity index is 2.63. The lowest BCUT2D eigenvalue weighted by molar-refractivity contribution is 0.410. The average molecular weight is 269 g/mol. The third kappa shape index (κ3) is 2.67. The predicted molar refractivity (Wildman–Crippen MR) is 82.2 cm³/mol. The van der Waals surface area contributed by atoms with Crippen molar-refractivity contribution in [1.82, 2.24) is 4.98 Å². The zero-order valence-electron chi connectivity index (χ0n) is 12.3. The minimum atomic E-state index is 0.767. The van der Waals surface area contributed by atoms with E-state index in [-0.39, 0.29) is 0 Å². The number of benzene rings is 1. The van der Waals surface area contributed by atoms with Gasteiger partial charge in [0.15, 0.2) is 0 Å². The molecule has 104 valence electrons. The van der Waals surface area contributed by atoms with Crippen molar-refractivity contribution < 1.29 is 9.47 Å².